The van der Waals surface area contributed by atoms with E-state index in [2.05, 4.69) is 16.3 Å². The lowest BCUT2D eigenvalue weighted by Crippen LogP contribution is -2.38. The van der Waals surface area contributed by atoms with Gasteiger partial charge in [0.1, 0.15) is 5.69 Å². The highest BCUT2D eigenvalue weighted by Crippen LogP contribution is 2.36. The maximum absolute atomic E-state index is 13.2. The van der Waals surface area contributed by atoms with Crippen LogP contribution in [0.1, 0.15) is 35.3 Å². The SMILES string of the molecule is Cc1ccc2c(c1)c(N1CCCC1=O)c(C(=O)NCCCN1CCOCC1)n2C. The van der Waals surface area contributed by atoms with Crippen molar-refractivity contribution in [3.8, 4) is 0 Å². The van der Waals surface area contributed by atoms with E-state index in [-0.39, 0.29) is 11.8 Å². The third kappa shape index (κ3) is 4.02. The largest absolute Gasteiger partial charge is 0.379 e. The Labute approximate surface area is 171 Å². The quantitative estimate of drug-likeness (QED) is 0.757. The first-order valence-corrected chi connectivity index (χ1v) is 10.5. The summed E-state index contributed by atoms with van der Waals surface area (Å²) < 4.78 is 7.30. The molecule has 0 spiro atoms. The molecule has 2 aliphatic rings. The maximum atomic E-state index is 13.2. The number of fused-ring (bicyclic) bond motifs is 1. The molecule has 7 heteroatoms. The molecule has 0 aliphatic carbocycles. The van der Waals surface area contributed by atoms with Gasteiger partial charge in [-0.2, -0.15) is 0 Å². The number of hydrogen-bond acceptors (Lipinski definition) is 4. The minimum atomic E-state index is -0.113. The standard InChI is InChI=1S/C22H30N4O3/c1-16-6-7-18-17(15-16)20(26-10-3-5-19(26)27)21(24(18)2)22(28)23-8-4-9-25-11-13-29-14-12-25/h6-7,15H,3-5,8-14H2,1-2H3,(H,23,28). The summed E-state index contributed by atoms with van der Waals surface area (Å²) in [5.41, 5.74) is 3.43. The number of hydrogen-bond donors (Lipinski definition) is 1. The Hall–Kier alpha value is -2.38. The summed E-state index contributed by atoms with van der Waals surface area (Å²) >= 11 is 0. The average Bonchev–Trinajstić information content (AvgIpc) is 3.26. The predicted octanol–water partition coefficient (Wildman–Crippen LogP) is 2.07. The van der Waals surface area contributed by atoms with E-state index >= 15 is 0 Å². The Balaban J connectivity index is 1.54. The molecule has 2 aliphatic heterocycles. The van der Waals surface area contributed by atoms with Gasteiger partial charge in [-0.15, -0.1) is 0 Å². The van der Waals surface area contributed by atoms with Crippen LogP contribution in [0.3, 0.4) is 0 Å². The van der Waals surface area contributed by atoms with Crippen LogP contribution in [0, 0.1) is 6.92 Å². The van der Waals surface area contributed by atoms with Crippen molar-refractivity contribution in [2.45, 2.75) is 26.2 Å². The average molecular weight is 399 g/mol. The van der Waals surface area contributed by atoms with Crippen molar-refractivity contribution < 1.29 is 14.3 Å². The second-order valence-corrected chi connectivity index (χ2v) is 7.99. The fourth-order valence-corrected chi connectivity index (χ4v) is 4.37. The molecule has 0 bridgehead atoms. The molecule has 1 N–H and O–H groups in total. The van der Waals surface area contributed by atoms with Crippen molar-refractivity contribution in [2.75, 3.05) is 50.8 Å². The van der Waals surface area contributed by atoms with Gasteiger partial charge in [0.2, 0.25) is 5.91 Å². The van der Waals surface area contributed by atoms with Gasteiger partial charge in [-0.05, 0) is 38.4 Å². The second-order valence-electron chi connectivity index (χ2n) is 7.99. The molecule has 1 aromatic heterocycles. The number of carbonyl (C=O) groups excluding carboxylic acids is 2. The highest BCUT2D eigenvalue weighted by atomic mass is 16.5. The van der Waals surface area contributed by atoms with Gasteiger partial charge >= 0.3 is 0 Å². The molecule has 3 heterocycles. The van der Waals surface area contributed by atoms with E-state index in [0.29, 0.717) is 25.2 Å². The van der Waals surface area contributed by atoms with Crippen LogP contribution in [-0.4, -0.2) is 67.2 Å². The number of nitrogens with one attached hydrogen (secondary N) is 1. The zero-order chi connectivity index (χ0) is 20.4. The Morgan fingerprint density at radius 2 is 2.00 bits per heavy atom. The molecule has 0 unspecified atom stereocenters. The summed E-state index contributed by atoms with van der Waals surface area (Å²) in [6.07, 6.45) is 2.28. The summed E-state index contributed by atoms with van der Waals surface area (Å²) in [5.74, 6) is -0.0154. The van der Waals surface area contributed by atoms with Crippen molar-refractivity contribution in [3.63, 3.8) is 0 Å². The summed E-state index contributed by atoms with van der Waals surface area (Å²) in [7, 11) is 1.91. The van der Waals surface area contributed by atoms with Crippen LogP contribution in [0.15, 0.2) is 18.2 Å². The monoisotopic (exact) mass is 398 g/mol. The Kier molecular flexibility index (Phi) is 5.87. The molecule has 1 aromatic carbocycles. The van der Waals surface area contributed by atoms with Crippen molar-refractivity contribution in [1.82, 2.24) is 14.8 Å². The van der Waals surface area contributed by atoms with Crippen molar-refractivity contribution in [3.05, 3.63) is 29.5 Å². The molecule has 4 rings (SSSR count). The normalized spacial score (nSPS) is 18.0. The number of nitrogens with zero attached hydrogens (tertiary/aromatic N) is 3. The fourth-order valence-electron chi connectivity index (χ4n) is 4.37. The topological polar surface area (TPSA) is 66.8 Å². The van der Waals surface area contributed by atoms with Gasteiger partial charge in [0.15, 0.2) is 0 Å². The molecule has 156 valence electrons. The Morgan fingerprint density at radius 1 is 1.21 bits per heavy atom. The van der Waals surface area contributed by atoms with Gasteiger partial charge < -0.3 is 19.5 Å². The van der Waals surface area contributed by atoms with E-state index in [1.807, 2.05) is 30.7 Å². The van der Waals surface area contributed by atoms with E-state index in [4.69, 9.17) is 4.74 Å². The third-order valence-corrected chi connectivity index (χ3v) is 5.93. The predicted molar refractivity (Wildman–Crippen MR) is 113 cm³/mol. The summed E-state index contributed by atoms with van der Waals surface area (Å²) in [6.45, 7) is 7.76. The van der Waals surface area contributed by atoms with E-state index in [0.717, 1.165) is 67.8 Å². The van der Waals surface area contributed by atoms with E-state index in [9.17, 15) is 9.59 Å². The Morgan fingerprint density at radius 3 is 2.72 bits per heavy atom. The van der Waals surface area contributed by atoms with Crippen LogP contribution in [0.25, 0.3) is 10.9 Å². The van der Waals surface area contributed by atoms with Crippen molar-refractivity contribution >= 4 is 28.4 Å². The number of anilines is 1. The number of aromatic nitrogens is 1. The van der Waals surface area contributed by atoms with Crippen LogP contribution >= 0.6 is 0 Å². The smallest absolute Gasteiger partial charge is 0.270 e. The van der Waals surface area contributed by atoms with Crippen LogP contribution in [0.2, 0.25) is 0 Å². The molecule has 2 saturated heterocycles. The molecular weight excluding hydrogens is 368 g/mol. The minimum absolute atomic E-state index is 0.0976. The first kappa shape index (κ1) is 19.9. The van der Waals surface area contributed by atoms with E-state index in [1.165, 1.54) is 0 Å². The number of rotatable bonds is 6. The van der Waals surface area contributed by atoms with Crippen molar-refractivity contribution in [2.24, 2.45) is 7.05 Å². The lowest BCUT2D eigenvalue weighted by atomic mass is 10.1. The highest BCUT2D eigenvalue weighted by molar-refractivity contribution is 6.14. The van der Waals surface area contributed by atoms with Crippen molar-refractivity contribution in [1.29, 1.82) is 0 Å². The first-order chi connectivity index (χ1) is 14.1. The number of aryl methyl sites for hydroxylation is 2. The fraction of sp³-hybridized carbons (Fsp3) is 0.545. The number of morpholine rings is 1. The van der Waals surface area contributed by atoms with Crippen LogP contribution in [0.5, 0.6) is 0 Å². The number of benzene rings is 1. The molecule has 2 fully saturated rings. The van der Waals surface area contributed by atoms with Gasteiger partial charge in [0, 0.05) is 45.0 Å². The van der Waals surface area contributed by atoms with Gasteiger partial charge in [0.05, 0.1) is 24.4 Å². The minimum Gasteiger partial charge on any atom is -0.379 e. The molecule has 2 amide bonds. The number of carbonyl (C=O) groups is 2. The first-order valence-electron chi connectivity index (χ1n) is 10.5. The molecule has 2 aromatic rings. The summed E-state index contributed by atoms with van der Waals surface area (Å²) in [4.78, 5) is 29.8. The highest BCUT2D eigenvalue weighted by Gasteiger charge is 2.31. The van der Waals surface area contributed by atoms with Gasteiger partial charge in [-0.3, -0.25) is 14.5 Å². The second kappa shape index (κ2) is 8.55. The number of ether oxygens (including phenoxy) is 1. The lowest BCUT2D eigenvalue weighted by Gasteiger charge is -2.26. The summed E-state index contributed by atoms with van der Waals surface area (Å²) in [5, 5.41) is 4.05. The van der Waals surface area contributed by atoms with Crippen LogP contribution in [-0.2, 0) is 16.6 Å². The van der Waals surface area contributed by atoms with E-state index in [1.54, 1.807) is 4.90 Å². The molecule has 0 saturated carbocycles. The summed E-state index contributed by atoms with van der Waals surface area (Å²) in [6, 6.07) is 6.15. The molecule has 0 atom stereocenters. The molecule has 0 radical (unpaired) electrons. The molecule has 7 nitrogen and oxygen atoms in total. The Bertz CT molecular complexity index is 914. The van der Waals surface area contributed by atoms with Crippen LogP contribution in [0.4, 0.5) is 5.69 Å². The van der Waals surface area contributed by atoms with Gasteiger partial charge in [0.25, 0.3) is 5.91 Å². The maximum Gasteiger partial charge on any atom is 0.270 e. The zero-order valence-electron chi connectivity index (χ0n) is 17.4. The molecular formula is C22H30N4O3. The lowest BCUT2D eigenvalue weighted by molar-refractivity contribution is -0.117. The third-order valence-electron chi connectivity index (χ3n) is 5.93. The van der Waals surface area contributed by atoms with Gasteiger partial charge in [-0.25, -0.2) is 0 Å². The van der Waals surface area contributed by atoms with E-state index < -0.39 is 0 Å². The van der Waals surface area contributed by atoms with Crippen LogP contribution < -0.4 is 10.2 Å². The molecule has 29 heavy (non-hydrogen) atoms. The zero-order valence-corrected chi connectivity index (χ0v) is 17.4. The van der Waals surface area contributed by atoms with Gasteiger partial charge in [-0.1, -0.05) is 11.6 Å². The number of amides is 2.